The van der Waals surface area contributed by atoms with Crippen LogP contribution in [-0.2, 0) is 15.1 Å². The second kappa shape index (κ2) is 6.13. The molecule has 2 rings (SSSR count). The lowest BCUT2D eigenvalue weighted by molar-refractivity contribution is -0.134. The van der Waals surface area contributed by atoms with Crippen LogP contribution in [-0.4, -0.2) is 35.8 Å². The molecule has 0 aliphatic carbocycles. The predicted octanol–water partition coefficient (Wildman–Crippen LogP) is 1.12. The minimum atomic E-state index is -1.30. The molecule has 6 nitrogen and oxygen atoms in total. The molecule has 2 N–H and O–H groups in total. The first kappa shape index (κ1) is 15.9. The average molecular weight is 307 g/mol. The largest absolute Gasteiger partial charge is 0.355 e. The van der Waals surface area contributed by atoms with Crippen LogP contribution in [0.1, 0.15) is 25.8 Å². The number of hydrogen-bond donors (Lipinski definition) is 2. The number of imide groups is 1. The normalized spacial score (nSPS) is 21.0. The van der Waals surface area contributed by atoms with Gasteiger partial charge in [-0.25, -0.2) is 9.18 Å². The molecule has 0 spiro atoms. The molecule has 22 heavy (non-hydrogen) atoms. The van der Waals surface area contributed by atoms with Crippen molar-refractivity contribution in [1.82, 2.24) is 15.5 Å². The summed E-state index contributed by atoms with van der Waals surface area (Å²) >= 11 is 0. The predicted molar refractivity (Wildman–Crippen MR) is 77.3 cm³/mol. The summed E-state index contributed by atoms with van der Waals surface area (Å²) in [4.78, 5) is 37.1. The lowest BCUT2D eigenvalue weighted by Gasteiger charge is -2.22. The van der Waals surface area contributed by atoms with E-state index >= 15 is 0 Å². The number of nitrogens with zero attached hydrogens (tertiary/aromatic N) is 1. The minimum absolute atomic E-state index is 0.332. The fourth-order valence-corrected chi connectivity index (χ4v) is 2.28. The highest BCUT2D eigenvalue weighted by atomic mass is 19.1. The molecule has 118 valence electrons. The van der Waals surface area contributed by atoms with E-state index in [1.165, 1.54) is 31.2 Å². The van der Waals surface area contributed by atoms with E-state index in [1.54, 1.807) is 0 Å². The van der Waals surface area contributed by atoms with Crippen LogP contribution >= 0.6 is 0 Å². The number of nitrogens with one attached hydrogen (secondary N) is 2. The van der Waals surface area contributed by atoms with Crippen molar-refractivity contribution in [3.8, 4) is 0 Å². The van der Waals surface area contributed by atoms with Crippen LogP contribution in [0.15, 0.2) is 24.3 Å². The number of benzene rings is 1. The highest BCUT2D eigenvalue weighted by molar-refractivity contribution is 6.09. The molecule has 4 amide bonds. The van der Waals surface area contributed by atoms with Crippen LogP contribution < -0.4 is 10.6 Å². The third-order valence-electron chi connectivity index (χ3n) is 3.57. The van der Waals surface area contributed by atoms with Gasteiger partial charge in [0.05, 0.1) is 0 Å². The Bertz CT molecular complexity index is 603. The Hall–Kier alpha value is -2.44. The third-order valence-corrected chi connectivity index (χ3v) is 3.57. The molecular weight excluding hydrogens is 289 g/mol. The van der Waals surface area contributed by atoms with Gasteiger partial charge in [-0.3, -0.25) is 14.5 Å². The fraction of sp³-hybridized carbons (Fsp3) is 0.400. The molecule has 1 fully saturated rings. The maximum absolute atomic E-state index is 13.0. The Morgan fingerprint density at radius 2 is 1.95 bits per heavy atom. The highest BCUT2D eigenvalue weighted by Gasteiger charge is 2.49. The van der Waals surface area contributed by atoms with Crippen LogP contribution in [0.5, 0.6) is 0 Å². The molecular formula is C15H18FN3O3. The summed E-state index contributed by atoms with van der Waals surface area (Å²) in [5.41, 5.74) is -0.834. The summed E-state index contributed by atoms with van der Waals surface area (Å²) in [5.74, 6) is -1.36. The van der Waals surface area contributed by atoms with Crippen molar-refractivity contribution in [3.63, 3.8) is 0 Å². The molecule has 0 radical (unpaired) electrons. The molecule has 1 aliphatic rings. The van der Waals surface area contributed by atoms with E-state index in [1.807, 2.05) is 6.92 Å². The molecule has 1 aromatic carbocycles. The standard InChI is InChI=1S/C15H18FN3O3/c1-3-8-17-12(20)9-19-13(21)15(2,18-14(19)22)10-4-6-11(16)7-5-10/h4-7H,3,8-9H2,1-2H3,(H,17,20)(H,18,22)/t15-/m0/s1. The molecule has 1 aliphatic heterocycles. The van der Waals surface area contributed by atoms with Gasteiger partial charge < -0.3 is 10.6 Å². The van der Waals surface area contributed by atoms with Crippen LogP contribution in [0.4, 0.5) is 9.18 Å². The summed E-state index contributed by atoms with van der Waals surface area (Å²) in [5, 5.41) is 5.17. The molecule has 1 heterocycles. The maximum Gasteiger partial charge on any atom is 0.325 e. The van der Waals surface area contributed by atoms with Crippen molar-refractivity contribution in [2.45, 2.75) is 25.8 Å². The van der Waals surface area contributed by atoms with Crippen molar-refractivity contribution >= 4 is 17.8 Å². The molecule has 0 saturated carbocycles. The molecule has 0 bridgehead atoms. The van der Waals surface area contributed by atoms with Crippen molar-refractivity contribution in [3.05, 3.63) is 35.6 Å². The van der Waals surface area contributed by atoms with Gasteiger partial charge in [0.2, 0.25) is 5.91 Å². The van der Waals surface area contributed by atoms with Gasteiger partial charge in [-0.05, 0) is 31.0 Å². The van der Waals surface area contributed by atoms with E-state index in [0.29, 0.717) is 12.1 Å². The van der Waals surface area contributed by atoms with Crippen LogP contribution in [0.2, 0.25) is 0 Å². The number of hydrogen-bond acceptors (Lipinski definition) is 3. The van der Waals surface area contributed by atoms with E-state index in [-0.39, 0.29) is 6.54 Å². The van der Waals surface area contributed by atoms with E-state index < -0.39 is 29.2 Å². The van der Waals surface area contributed by atoms with Crippen LogP contribution in [0.25, 0.3) is 0 Å². The Labute approximate surface area is 127 Å². The quantitative estimate of drug-likeness (QED) is 0.800. The second-order valence-corrected chi connectivity index (χ2v) is 5.30. The van der Waals surface area contributed by atoms with Crippen LogP contribution in [0, 0.1) is 5.82 Å². The SMILES string of the molecule is CCCNC(=O)CN1C(=O)N[C@@](C)(c2ccc(F)cc2)C1=O. The number of carbonyl (C=O) groups excluding carboxylic acids is 3. The van der Waals surface area contributed by atoms with E-state index in [0.717, 1.165) is 11.3 Å². The zero-order chi connectivity index (χ0) is 16.3. The summed E-state index contributed by atoms with van der Waals surface area (Å²) in [6, 6.07) is 4.68. The number of urea groups is 1. The van der Waals surface area contributed by atoms with Gasteiger partial charge in [0.25, 0.3) is 5.91 Å². The maximum atomic E-state index is 13.0. The molecule has 0 unspecified atom stereocenters. The van der Waals surface area contributed by atoms with Gasteiger partial charge in [-0.15, -0.1) is 0 Å². The van der Waals surface area contributed by atoms with Crippen molar-refractivity contribution in [2.24, 2.45) is 0 Å². The van der Waals surface area contributed by atoms with E-state index in [9.17, 15) is 18.8 Å². The van der Waals surface area contributed by atoms with Crippen molar-refractivity contribution < 1.29 is 18.8 Å². The zero-order valence-electron chi connectivity index (χ0n) is 12.5. The number of halogens is 1. The minimum Gasteiger partial charge on any atom is -0.355 e. The van der Waals surface area contributed by atoms with E-state index in [4.69, 9.17) is 0 Å². The first-order chi connectivity index (χ1) is 10.4. The Kier molecular flexibility index (Phi) is 4.44. The zero-order valence-corrected chi connectivity index (χ0v) is 12.5. The summed E-state index contributed by atoms with van der Waals surface area (Å²) < 4.78 is 13.0. The van der Waals surface area contributed by atoms with E-state index in [2.05, 4.69) is 10.6 Å². The van der Waals surface area contributed by atoms with Gasteiger partial charge in [-0.1, -0.05) is 19.1 Å². The second-order valence-electron chi connectivity index (χ2n) is 5.30. The van der Waals surface area contributed by atoms with Gasteiger partial charge in [0.15, 0.2) is 0 Å². The Morgan fingerprint density at radius 3 is 2.55 bits per heavy atom. The number of carbonyl (C=O) groups is 3. The van der Waals surface area contributed by atoms with Gasteiger partial charge in [0.1, 0.15) is 17.9 Å². The summed E-state index contributed by atoms with van der Waals surface area (Å²) in [6.45, 7) is 3.59. The Balaban J connectivity index is 2.17. The molecule has 7 heteroatoms. The monoisotopic (exact) mass is 307 g/mol. The molecule has 1 saturated heterocycles. The summed E-state index contributed by atoms with van der Waals surface area (Å²) in [7, 11) is 0. The topological polar surface area (TPSA) is 78.5 Å². The van der Waals surface area contributed by atoms with Gasteiger partial charge >= 0.3 is 6.03 Å². The molecule has 1 atom stereocenters. The highest BCUT2D eigenvalue weighted by Crippen LogP contribution is 2.28. The van der Waals surface area contributed by atoms with Gasteiger partial charge in [0, 0.05) is 6.54 Å². The van der Waals surface area contributed by atoms with Crippen LogP contribution in [0.3, 0.4) is 0 Å². The first-order valence-corrected chi connectivity index (χ1v) is 7.05. The number of rotatable bonds is 5. The smallest absolute Gasteiger partial charge is 0.325 e. The summed E-state index contributed by atoms with van der Waals surface area (Å²) in [6.07, 6.45) is 0.763. The van der Waals surface area contributed by atoms with Crippen molar-refractivity contribution in [2.75, 3.05) is 13.1 Å². The third kappa shape index (κ3) is 2.93. The average Bonchev–Trinajstić information content (AvgIpc) is 2.70. The molecule has 1 aromatic rings. The van der Waals surface area contributed by atoms with Gasteiger partial charge in [-0.2, -0.15) is 0 Å². The molecule has 0 aromatic heterocycles. The number of amides is 4. The fourth-order valence-electron chi connectivity index (χ4n) is 2.28. The lowest BCUT2D eigenvalue weighted by Crippen LogP contribution is -2.43. The first-order valence-electron chi connectivity index (χ1n) is 7.05. The Morgan fingerprint density at radius 1 is 1.32 bits per heavy atom. The lowest BCUT2D eigenvalue weighted by atomic mass is 9.92. The van der Waals surface area contributed by atoms with Crippen molar-refractivity contribution in [1.29, 1.82) is 0 Å².